The molecule has 0 spiro atoms. The molecular weight excluding hydrogens is 301 g/mol. The second-order valence-electron chi connectivity index (χ2n) is 4.72. The number of benzene rings is 1. The van der Waals surface area contributed by atoms with E-state index < -0.39 is 18.9 Å². The van der Waals surface area contributed by atoms with Crippen molar-refractivity contribution in [3.05, 3.63) is 30.3 Å². The van der Waals surface area contributed by atoms with Crippen molar-refractivity contribution in [3.63, 3.8) is 0 Å². The smallest absolute Gasteiger partial charge is 0.409 e. The number of carbonyl (C=O) groups is 1. The van der Waals surface area contributed by atoms with E-state index in [1.807, 2.05) is 13.8 Å². The second-order valence-corrected chi connectivity index (χ2v) is 7.45. The molecule has 1 aromatic rings. The number of esters is 1. The van der Waals surface area contributed by atoms with E-state index in [4.69, 9.17) is 15.8 Å². The Bertz CT molecular complexity index is 481. The molecule has 1 rings (SSSR count). The van der Waals surface area contributed by atoms with Gasteiger partial charge in [-0.15, -0.1) is 0 Å². The summed E-state index contributed by atoms with van der Waals surface area (Å²) in [5.41, 5.74) is 0. The second kappa shape index (κ2) is 7.67. The van der Waals surface area contributed by atoms with E-state index in [0.717, 1.165) is 0 Å². The van der Waals surface area contributed by atoms with Gasteiger partial charge in [0.25, 0.3) is 0 Å². The molecule has 0 saturated carbocycles. The van der Waals surface area contributed by atoms with Gasteiger partial charge in [0.05, 0.1) is 7.11 Å². The van der Waals surface area contributed by atoms with Crippen molar-refractivity contribution in [1.82, 2.24) is 5.09 Å². The molecule has 1 unspecified atom stereocenters. The molecule has 0 saturated heterocycles. The van der Waals surface area contributed by atoms with Crippen LogP contribution < -0.4 is 9.61 Å². The molecule has 0 fully saturated rings. The Balaban J connectivity index is 2.75. The maximum atomic E-state index is 12.2. The fraction of sp³-hybridized carbons (Fsp3) is 0.462. The van der Waals surface area contributed by atoms with Crippen LogP contribution in [0.25, 0.3) is 0 Å². The zero-order valence-corrected chi connectivity index (χ0v) is 13.4. The fourth-order valence-corrected chi connectivity index (χ4v) is 3.27. The van der Waals surface area contributed by atoms with Gasteiger partial charge in [-0.05, 0) is 24.5 Å². The molecule has 1 aromatic carbocycles. The molecule has 0 aliphatic rings. The lowest BCUT2D eigenvalue weighted by Crippen LogP contribution is -2.36. The predicted molar refractivity (Wildman–Crippen MR) is 78.9 cm³/mol. The Morgan fingerprint density at radius 2 is 1.95 bits per heavy atom. The maximum absolute atomic E-state index is 12.2. The number of halogens is 1. The summed E-state index contributed by atoms with van der Waals surface area (Å²) in [7, 11) is 1.27. The number of rotatable bonds is 7. The van der Waals surface area contributed by atoms with E-state index in [1.54, 1.807) is 30.3 Å². The number of ether oxygens (including phenoxy) is 1. The Morgan fingerprint density at radius 1 is 1.35 bits per heavy atom. The van der Waals surface area contributed by atoms with Crippen LogP contribution >= 0.6 is 18.1 Å². The van der Waals surface area contributed by atoms with Crippen LogP contribution in [0.2, 0.25) is 0 Å². The number of nitrogens with one attached hydrogen (secondary N) is 1. The molecular formula is C13H19ClNO4P. The monoisotopic (exact) mass is 319 g/mol. The maximum Gasteiger partial charge on any atom is 0.409 e. The average Bonchev–Trinajstić information content (AvgIpc) is 2.36. The molecule has 0 radical (unpaired) electrons. The Morgan fingerprint density at radius 3 is 2.45 bits per heavy atom. The van der Waals surface area contributed by atoms with Gasteiger partial charge in [0.15, 0.2) is 0 Å². The molecule has 0 aliphatic heterocycles. The van der Waals surface area contributed by atoms with Crippen molar-refractivity contribution in [2.45, 2.75) is 26.3 Å². The largest absolute Gasteiger partial charge is 0.468 e. The summed E-state index contributed by atoms with van der Waals surface area (Å²) >= 11 is 5.86. The highest BCUT2D eigenvalue weighted by Crippen LogP contribution is 2.48. The zero-order valence-electron chi connectivity index (χ0n) is 11.7. The van der Waals surface area contributed by atoms with E-state index in [-0.39, 0.29) is 5.92 Å². The van der Waals surface area contributed by atoms with Crippen LogP contribution in [0.15, 0.2) is 30.3 Å². The summed E-state index contributed by atoms with van der Waals surface area (Å²) in [5.74, 6) is 0.0581. The molecule has 0 bridgehead atoms. The first-order valence-electron chi connectivity index (χ1n) is 6.24. The van der Waals surface area contributed by atoms with Crippen LogP contribution in [-0.2, 0) is 14.1 Å². The first-order valence-corrected chi connectivity index (χ1v) is 8.77. The molecule has 112 valence electrons. The van der Waals surface area contributed by atoms with Crippen molar-refractivity contribution in [1.29, 1.82) is 0 Å². The van der Waals surface area contributed by atoms with Gasteiger partial charge in [0.2, 0.25) is 0 Å². The van der Waals surface area contributed by atoms with Gasteiger partial charge in [0, 0.05) is 11.2 Å². The van der Waals surface area contributed by atoms with Crippen LogP contribution in [0.4, 0.5) is 0 Å². The van der Waals surface area contributed by atoms with Gasteiger partial charge in [-0.25, -0.2) is 9.65 Å². The Labute approximate surface area is 123 Å². The highest BCUT2D eigenvalue weighted by atomic mass is 35.7. The number of hydrogen-bond acceptors (Lipinski definition) is 4. The van der Waals surface area contributed by atoms with Crippen molar-refractivity contribution in [3.8, 4) is 5.75 Å². The predicted octanol–water partition coefficient (Wildman–Crippen LogP) is 3.59. The highest BCUT2D eigenvalue weighted by Gasteiger charge is 2.31. The van der Waals surface area contributed by atoms with Crippen molar-refractivity contribution in [2.75, 3.05) is 7.11 Å². The normalized spacial score (nSPS) is 15.4. The van der Waals surface area contributed by atoms with E-state index in [1.165, 1.54) is 7.11 Å². The summed E-state index contributed by atoms with van der Waals surface area (Å²) in [5, 5.41) is 2.55. The summed E-state index contributed by atoms with van der Waals surface area (Å²) < 4.78 is 22.1. The number of hydrogen-bond donors (Lipinski definition) is 1. The van der Waals surface area contributed by atoms with E-state index in [0.29, 0.717) is 12.2 Å². The minimum Gasteiger partial charge on any atom is -0.468 e. The minimum absolute atomic E-state index is 0.208. The van der Waals surface area contributed by atoms with Crippen LogP contribution in [0.5, 0.6) is 5.75 Å². The van der Waals surface area contributed by atoms with E-state index in [9.17, 15) is 9.36 Å². The molecule has 7 heteroatoms. The van der Waals surface area contributed by atoms with Crippen LogP contribution in [0.3, 0.4) is 0 Å². The lowest BCUT2D eigenvalue weighted by Gasteiger charge is -2.21. The lowest BCUT2D eigenvalue weighted by atomic mass is 10.1. The standard InChI is InChI=1S/C13H19ClNO4P/c1-10(2)9-12(13(16)18-3)15-20(14,17)19-11-7-5-4-6-8-11/h4-8,10,12H,9H2,1-3H3,(H,15,17)/t12-,20?/m0/s1. The topological polar surface area (TPSA) is 64.6 Å². The van der Waals surface area contributed by atoms with Gasteiger partial charge in [-0.2, -0.15) is 0 Å². The third kappa shape index (κ3) is 5.95. The number of para-hydroxylation sites is 1. The van der Waals surface area contributed by atoms with E-state index in [2.05, 4.69) is 9.82 Å². The van der Waals surface area contributed by atoms with E-state index >= 15 is 0 Å². The van der Waals surface area contributed by atoms with Crippen molar-refractivity contribution in [2.24, 2.45) is 5.92 Å². The summed E-state index contributed by atoms with van der Waals surface area (Å²) in [6.45, 7) is 0.206. The highest BCUT2D eigenvalue weighted by molar-refractivity contribution is 7.84. The van der Waals surface area contributed by atoms with Crippen molar-refractivity contribution >= 4 is 24.1 Å². The Kier molecular flexibility index (Phi) is 6.53. The molecule has 20 heavy (non-hydrogen) atoms. The van der Waals surface area contributed by atoms with Gasteiger partial charge in [-0.3, -0.25) is 4.79 Å². The SMILES string of the molecule is COC(=O)[C@H](CC(C)C)NP(=O)(Cl)Oc1ccccc1. The first-order chi connectivity index (χ1) is 9.34. The third-order valence-electron chi connectivity index (χ3n) is 2.47. The van der Waals surface area contributed by atoms with Crippen molar-refractivity contribution < 1.29 is 18.6 Å². The molecule has 0 aromatic heterocycles. The molecule has 5 nitrogen and oxygen atoms in total. The summed E-state index contributed by atoms with van der Waals surface area (Å²) in [6, 6.07) is 7.76. The number of carbonyl (C=O) groups excluding carboxylic acids is 1. The van der Waals surface area contributed by atoms with Gasteiger partial charge >= 0.3 is 12.8 Å². The van der Waals surface area contributed by atoms with Gasteiger partial charge in [0.1, 0.15) is 11.8 Å². The fourth-order valence-electron chi connectivity index (χ4n) is 1.64. The molecule has 1 N–H and O–H groups in total. The minimum atomic E-state index is -3.67. The summed E-state index contributed by atoms with van der Waals surface area (Å²) in [6.07, 6.45) is 0.446. The first kappa shape index (κ1) is 17.0. The van der Waals surface area contributed by atoms with Gasteiger partial charge < -0.3 is 9.26 Å². The zero-order chi connectivity index (χ0) is 15.2. The van der Waals surface area contributed by atoms with Gasteiger partial charge in [-0.1, -0.05) is 32.0 Å². The molecule has 0 aliphatic carbocycles. The lowest BCUT2D eigenvalue weighted by molar-refractivity contribution is -0.143. The third-order valence-corrected chi connectivity index (χ3v) is 4.03. The molecule has 0 amide bonds. The number of methoxy groups -OCH3 is 1. The Hall–Kier alpha value is -1.03. The molecule has 2 atom stereocenters. The van der Waals surface area contributed by atoms with Crippen LogP contribution in [-0.4, -0.2) is 19.1 Å². The quantitative estimate of drug-likeness (QED) is 0.614. The average molecular weight is 320 g/mol. The van der Waals surface area contributed by atoms with Crippen LogP contribution in [0, 0.1) is 5.92 Å². The van der Waals surface area contributed by atoms with Crippen LogP contribution in [0.1, 0.15) is 20.3 Å². The summed E-state index contributed by atoms with van der Waals surface area (Å²) in [4.78, 5) is 11.7. The molecule has 0 heterocycles.